The lowest BCUT2D eigenvalue weighted by Gasteiger charge is -2.21. The Morgan fingerprint density at radius 2 is 1.89 bits per heavy atom. The molecule has 2 aromatic carbocycles. The maximum atomic E-state index is 13.3. The fourth-order valence-electron chi connectivity index (χ4n) is 2.63. The number of benzene rings is 2. The average molecular weight is 429 g/mol. The number of carbonyl (C=O) groups is 1. The number of hydrogen-bond acceptors (Lipinski definition) is 5. The van der Waals surface area contributed by atoms with E-state index in [9.17, 15) is 17.6 Å². The zero-order chi connectivity index (χ0) is 20.3. The van der Waals surface area contributed by atoms with Gasteiger partial charge in [0.05, 0.1) is 16.5 Å². The van der Waals surface area contributed by atoms with Crippen molar-refractivity contribution in [2.45, 2.75) is 11.8 Å². The van der Waals surface area contributed by atoms with E-state index in [1.54, 1.807) is 25.1 Å². The van der Waals surface area contributed by atoms with E-state index < -0.39 is 28.3 Å². The van der Waals surface area contributed by atoms with Crippen LogP contribution in [0.1, 0.15) is 6.92 Å². The number of ether oxygens (including phenoxy) is 2. The molecule has 10 heteroatoms. The smallest absolute Gasteiger partial charge is 0.243 e. The van der Waals surface area contributed by atoms with E-state index in [2.05, 4.69) is 5.32 Å². The molecule has 2 aromatic rings. The van der Waals surface area contributed by atoms with E-state index in [0.717, 1.165) is 22.5 Å². The lowest BCUT2D eigenvalue weighted by Crippen LogP contribution is -2.37. The van der Waals surface area contributed by atoms with Crippen LogP contribution in [0.3, 0.4) is 0 Å². The normalized spacial score (nSPS) is 13.4. The predicted molar refractivity (Wildman–Crippen MR) is 102 cm³/mol. The molecule has 0 atom stereocenters. The highest BCUT2D eigenvalue weighted by atomic mass is 35.5. The van der Waals surface area contributed by atoms with Gasteiger partial charge in [0.1, 0.15) is 19.0 Å². The number of amides is 1. The van der Waals surface area contributed by atoms with Gasteiger partial charge in [0.2, 0.25) is 15.9 Å². The Balaban J connectivity index is 1.73. The molecule has 0 fully saturated rings. The van der Waals surface area contributed by atoms with Gasteiger partial charge in [-0.1, -0.05) is 18.5 Å². The highest BCUT2D eigenvalue weighted by Gasteiger charge is 2.26. The molecular formula is C18H18ClFN2O5S. The maximum absolute atomic E-state index is 13.3. The number of anilines is 1. The molecule has 0 bridgehead atoms. The lowest BCUT2D eigenvalue weighted by molar-refractivity contribution is -0.116. The Morgan fingerprint density at radius 1 is 1.18 bits per heavy atom. The zero-order valence-electron chi connectivity index (χ0n) is 14.9. The van der Waals surface area contributed by atoms with Crippen LogP contribution in [-0.2, 0) is 14.8 Å². The quantitative estimate of drug-likeness (QED) is 0.764. The van der Waals surface area contributed by atoms with Gasteiger partial charge in [0.25, 0.3) is 0 Å². The summed E-state index contributed by atoms with van der Waals surface area (Å²) in [6.45, 7) is 2.09. The second kappa shape index (κ2) is 8.34. The third-order valence-corrected chi connectivity index (χ3v) is 6.23. The van der Waals surface area contributed by atoms with Crippen molar-refractivity contribution < 1.29 is 27.1 Å². The highest BCUT2D eigenvalue weighted by molar-refractivity contribution is 7.89. The molecule has 1 heterocycles. The van der Waals surface area contributed by atoms with Crippen molar-refractivity contribution in [2.24, 2.45) is 0 Å². The molecule has 7 nitrogen and oxygen atoms in total. The number of fused-ring (bicyclic) bond motifs is 1. The number of rotatable bonds is 6. The van der Waals surface area contributed by atoms with Crippen LogP contribution in [0.25, 0.3) is 0 Å². The first-order valence-electron chi connectivity index (χ1n) is 8.46. The topological polar surface area (TPSA) is 84.9 Å². The molecule has 0 spiro atoms. The van der Waals surface area contributed by atoms with E-state index in [1.807, 2.05) is 0 Å². The highest BCUT2D eigenvalue weighted by Crippen LogP contribution is 2.32. The summed E-state index contributed by atoms with van der Waals surface area (Å²) < 4.78 is 50.6. The summed E-state index contributed by atoms with van der Waals surface area (Å²) in [5.41, 5.74) is 0.451. The number of carbonyl (C=O) groups excluding carboxylic acids is 1. The van der Waals surface area contributed by atoms with Gasteiger partial charge in [0, 0.05) is 18.3 Å². The molecule has 150 valence electrons. The van der Waals surface area contributed by atoms with Gasteiger partial charge in [-0.15, -0.1) is 0 Å². The maximum Gasteiger partial charge on any atom is 0.243 e. The second-order valence-electron chi connectivity index (χ2n) is 5.91. The summed E-state index contributed by atoms with van der Waals surface area (Å²) in [4.78, 5) is 12.2. The minimum Gasteiger partial charge on any atom is -0.486 e. The van der Waals surface area contributed by atoms with Crippen LogP contribution in [0.2, 0.25) is 5.02 Å². The Hall–Kier alpha value is -2.36. The third kappa shape index (κ3) is 4.37. The number of nitrogens with one attached hydrogen (secondary N) is 1. The summed E-state index contributed by atoms with van der Waals surface area (Å²) in [5, 5.41) is 2.33. The van der Waals surface area contributed by atoms with Crippen LogP contribution in [0.15, 0.2) is 41.3 Å². The van der Waals surface area contributed by atoms with Gasteiger partial charge >= 0.3 is 0 Å². The molecule has 1 aliphatic heterocycles. The number of likely N-dealkylation sites (N-methyl/N-ethyl adjacent to an activating group) is 1. The first kappa shape index (κ1) is 20.4. The SMILES string of the molecule is CCN(CC(=O)Nc1ccc2c(c1)OCCO2)S(=O)(=O)c1ccc(F)c(Cl)c1. The van der Waals surface area contributed by atoms with Gasteiger partial charge in [-0.05, 0) is 30.3 Å². The lowest BCUT2D eigenvalue weighted by atomic mass is 10.2. The van der Waals surface area contributed by atoms with Crippen molar-refractivity contribution in [1.82, 2.24) is 4.31 Å². The minimum atomic E-state index is -4.02. The van der Waals surface area contributed by atoms with Crippen molar-refractivity contribution in [3.63, 3.8) is 0 Å². The van der Waals surface area contributed by atoms with Gasteiger partial charge in [-0.25, -0.2) is 12.8 Å². The summed E-state index contributed by atoms with van der Waals surface area (Å²) in [7, 11) is -4.02. The number of halogens is 2. The van der Waals surface area contributed by atoms with Crippen LogP contribution in [0.4, 0.5) is 10.1 Å². The van der Waals surface area contributed by atoms with E-state index in [0.29, 0.717) is 30.4 Å². The first-order valence-corrected chi connectivity index (χ1v) is 10.3. The molecule has 0 radical (unpaired) electrons. The molecule has 1 amide bonds. The van der Waals surface area contributed by atoms with E-state index >= 15 is 0 Å². The summed E-state index contributed by atoms with van der Waals surface area (Å²) in [6.07, 6.45) is 0. The molecule has 3 rings (SSSR count). The molecule has 0 unspecified atom stereocenters. The van der Waals surface area contributed by atoms with Crippen molar-refractivity contribution in [3.05, 3.63) is 47.2 Å². The first-order chi connectivity index (χ1) is 13.3. The van der Waals surface area contributed by atoms with Gasteiger partial charge < -0.3 is 14.8 Å². The van der Waals surface area contributed by atoms with Crippen LogP contribution >= 0.6 is 11.6 Å². The second-order valence-corrected chi connectivity index (χ2v) is 8.26. The summed E-state index contributed by atoms with van der Waals surface area (Å²) >= 11 is 5.68. The van der Waals surface area contributed by atoms with Gasteiger partial charge in [-0.3, -0.25) is 4.79 Å². The third-order valence-electron chi connectivity index (χ3n) is 4.03. The van der Waals surface area contributed by atoms with E-state index in [1.165, 1.54) is 0 Å². The van der Waals surface area contributed by atoms with Crippen LogP contribution in [0, 0.1) is 5.82 Å². The fourth-order valence-corrected chi connectivity index (χ4v) is 4.31. The van der Waals surface area contributed by atoms with E-state index in [-0.39, 0.29) is 16.5 Å². The predicted octanol–water partition coefficient (Wildman–Crippen LogP) is 2.90. The standard InChI is InChI=1S/C18H18ClFN2O5S/c1-2-22(28(24,25)13-4-5-15(20)14(19)10-13)11-18(23)21-12-3-6-16-17(9-12)27-8-7-26-16/h3-6,9-10H,2,7-8,11H2,1H3,(H,21,23). The number of hydrogen-bond donors (Lipinski definition) is 1. The zero-order valence-corrected chi connectivity index (χ0v) is 16.5. The monoisotopic (exact) mass is 428 g/mol. The Morgan fingerprint density at radius 3 is 2.57 bits per heavy atom. The molecular weight excluding hydrogens is 411 g/mol. The average Bonchev–Trinajstić information content (AvgIpc) is 2.67. The fraction of sp³-hybridized carbons (Fsp3) is 0.278. The summed E-state index contributed by atoms with van der Waals surface area (Å²) in [6, 6.07) is 8.01. The van der Waals surface area contributed by atoms with Crippen molar-refractivity contribution in [2.75, 3.05) is 31.6 Å². The van der Waals surface area contributed by atoms with Crippen molar-refractivity contribution in [3.8, 4) is 11.5 Å². The molecule has 1 N–H and O–H groups in total. The van der Waals surface area contributed by atoms with Crippen molar-refractivity contribution >= 4 is 33.2 Å². The molecule has 0 saturated heterocycles. The van der Waals surface area contributed by atoms with Gasteiger partial charge in [0.15, 0.2) is 11.5 Å². The molecule has 1 aliphatic rings. The Kier molecular flexibility index (Phi) is 6.07. The molecule has 0 saturated carbocycles. The molecule has 0 aromatic heterocycles. The van der Waals surface area contributed by atoms with Crippen LogP contribution < -0.4 is 14.8 Å². The Bertz CT molecular complexity index is 999. The molecule has 28 heavy (non-hydrogen) atoms. The Labute approximate surface area is 167 Å². The van der Waals surface area contributed by atoms with Crippen molar-refractivity contribution in [1.29, 1.82) is 0 Å². The summed E-state index contributed by atoms with van der Waals surface area (Å²) in [5.74, 6) is -0.171. The minimum absolute atomic E-state index is 0.0475. The largest absolute Gasteiger partial charge is 0.486 e. The molecule has 0 aliphatic carbocycles. The van der Waals surface area contributed by atoms with Crippen LogP contribution in [0.5, 0.6) is 11.5 Å². The number of nitrogens with zero attached hydrogens (tertiary/aromatic N) is 1. The van der Waals surface area contributed by atoms with Crippen LogP contribution in [-0.4, -0.2) is 44.9 Å². The number of sulfonamides is 1. The van der Waals surface area contributed by atoms with E-state index in [4.69, 9.17) is 21.1 Å². The van der Waals surface area contributed by atoms with Gasteiger partial charge in [-0.2, -0.15) is 4.31 Å².